The van der Waals surface area contributed by atoms with Crippen LogP contribution in [0.4, 0.5) is 0 Å². The van der Waals surface area contributed by atoms with E-state index in [0.29, 0.717) is 16.8 Å². The van der Waals surface area contributed by atoms with Crippen molar-refractivity contribution in [2.45, 2.75) is 44.2 Å². The van der Waals surface area contributed by atoms with Gasteiger partial charge < -0.3 is 14.2 Å². The van der Waals surface area contributed by atoms with E-state index in [4.69, 9.17) is 23.5 Å². The predicted molar refractivity (Wildman–Crippen MR) is 93.1 cm³/mol. The number of ether oxygens (including phenoxy) is 3. The summed E-state index contributed by atoms with van der Waals surface area (Å²) in [6.07, 6.45) is 4.25. The molecule has 2 N–H and O–H groups in total. The zero-order valence-electron chi connectivity index (χ0n) is 15.0. The maximum atomic E-state index is 11.2. The molecule has 12 nitrogen and oxygen atoms in total. The molecule has 2 aliphatic heterocycles. The van der Waals surface area contributed by atoms with Crippen LogP contribution in [0, 0.1) is 0 Å². The number of nitrogens with zero attached hydrogens (tertiary/aromatic N) is 5. The molecular weight excluding hydrogens is 392 g/mol. The van der Waals surface area contributed by atoms with Gasteiger partial charge in [0.15, 0.2) is 28.8 Å². The van der Waals surface area contributed by atoms with Crippen LogP contribution >= 0.6 is 0 Å². The number of hydrogen-bond donors (Lipinski definition) is 1. The molecule has 5 heterocycles. The average Bonchev–Trinajstić information content (AvgIpc) is 3.32. The van der Waals surface area contributed by atoms with Crippen molar-refractivity contribution >= 4 is 27.1 Å². The number of aromatic nitrogens is 5. The minimum Gasteiger partial charge on any atom is -0.347 e. The van der Waals surface area contributed by atoms with Crippen molar-refractivity contribution in [2.75, 3.05) is 6.61 Å². The molecule has 0 bridgehead atoms. The molecular formula is C15H18N6O6S. The third-order valence-corrected chi connectivity index (χ3v) is 5.21. The lowest BCUT2D eigenvalue weighted by Crippen LogP contribution is -2.34. The van der Waals surface area contributed by atoms with Gasteiger partial charge in [-0.25, -0.2) is 20.1 Å². The van der Waals surface area contributed by atoms with Crippen LogP contribution in [-0.4, -0.2) is 63.0 Å². The highest BCUT2D eigenvalue weighted by atomic mass is 32.2. The quantitative estimate of drug-likeness (QED) is 0.613. The van der Waals surface area contributed by atoms with Crippen molar-refractivity contribution in [1.29, 1.82) is 0 Å². The summed E-state index contributed by atoms with van der Waals surface area (Å²) in [7, 11) is -4.11. The minimum absolute atomic E-state index is 0.291. The Morgan fingerprint density at radius 1 is 1.18 bits per heavy atom. The van der Waals surface area contributed by atoms with Gasteiger partial charge in [0.1, 0.15) is 24.6 Å². The summed E-state index contributed by atoms with van der Waals surface area (Å²) >= 11 is 0. The van der Waals surface area contributed by atoms with Gasteiger partial charge in [-0.3, -0.25) is 13.2 Å². The van der Waals surface area contributed by atoms with Crippen molar-refractivity contribution in [3.8, 4) is 0 Å². The third-order valence-electron chi connectivity index (χ3n) is 4.75. The Bertz CT molecular complexity index is 1160. The first-order valence-corrected chi connectivity index (χ1v) is 10.0. The van der Waals surface area contributed by atoms with E-state index in [1.54, 1.807) is 47.9 Å². The highest BCUT2D eigenvalue weighted by Crippen LogP contribution is 2.43. The Morgan fingerprint density at radius 3 is 2.75 bits per heavy atom. The fourth-order valence-corrected chi connectivity index (χ4v) is 4.04. The lowest BCUT2D eigenvalue weighted by molar-refractivity contribution is -0.198. The van der Waals surface area contributed by atoms with E-state index in [9.17, 15) is 8.42 Å². The Labute approximate surface area is 159 Å². The van der Waals surface area contributed by atoms with Crippen molar-refractivity contribution in [2.24, 2.45) is 5.14 Å². The second-order valence-electron chi connectivity index (χ2n) is 7.13. The molecule has 2 fully saturated rings. The first kappa shape index (κ1) is 17.9. The summed E-state index contributed by atoms with van der Waals surface area (Å²) in [6.45, 7) is 3.26. The number of fused-ring (bicyclic) bond motifs is 4. The van der Waals surface area contributed by atoms with Crippen LogP contribution in [0.3, 0.4) is 0 Å². The topological polar surface area (TPSA) is 145 Å². The van der Waals surface area contributed by atoms with Gasteiger partial charge in [-0.05, 0) is 13.8 Å². The molecule has 150 valence electrons. The molecule has 13 heteroatoms. The molecule has 3 aromatic rings. The molecule has 0 aliphatic carbocycles. The lowest BCUT2D eigenvalue weighted by Gasteiger charge is -2.24. The van der Waals surface area contributed by atoms with Crippen LogP contribution in [0.15, 0.2) is 25.0 Å². The van der Waals surface area contributed by atoms with Gasteiger partial charge in [-0.15, -0.1) is 0 Å². The van der Waals surface area contributed by atoms with Crippen molar-refractivity contribution in [3.63, 3.8) is 0 Å². The molecule has 0 amide bonds. The van der Waals surface area contributed by atoms with E-state index in [-0.39, 0.29) is 6.61 Å². The molecule has 3 aromatic heterocycles. The smallest absolute Gasteiger partial charge is 0.333 e. The molecule has 0 saturated carbocycles. The zero-order valence-corrected chi connectivity index (χ0v) is 15.8. The van der Waals surface area contributed by atoms with Gasteiger partial charge in [0, 0.05) is 12.4 Å². The summed E-state index contributed by atoms with van der Waals surface area (Å²) in [4.78, 5) is 13.2. The monoisotopic (exact) mass is 410 g/mol. The molecule has 5 rings (SSSR count). The molecule has 28 heavy (non-hydrogen) atoms. The maximum absolute atomic E-state index is 11.2. The molecule has 0 radical (unpaired) electrons. The lowest BCUT2D eigenvalue weighted by atomic mass is 10.1. The Kier molecular flexibility index (Phi) is 3.78. The van der Waals surface area contributed by atoms with E-state index in [0.717, 1.165) is 0 Å². The zero-order chi connectivity index (χ0) is 19.7. The molecule has 4 atom stereocenters. The number of nitrogens with two attached hydrogens (primary N) is 1. The van der Waals surface area contributed by atoms with Crippen molar-refractivity contribution in [1.82, 2.24) is 23.9 Å². The summed E-state index contributed by atoms with van der Waals surface area (Å²) in [6, 6.07) is 0. The van der Waals surface area contributed by atoms with Crippen LogP contribution in [0.25, 0.3) is 16.8 Å². The van der Waals surface area contributed by atoms with Crippen molar-refractivity contribution in [3.05, 3.63) is 25.0 Å². The molecule has 2 aliphatic rings. The summed E-state index contributed by atoms with van der Waals surface area (Å²) in [5.74, 6) is -0.864. The predicted octanol–water partition coefficient (Wildman–Crippen LogP) is -0.283. The van der Waals surface area contributed by atoms with E-state index >= 15 is 0 Å². The van der Waals surface area contributed by atoms with Crippen LogP contribution in [0.1, 0.15) is 20.1 Å². The van der Waals surface area contributed by atoms with Gasteiger partial charge in [0.25, 0.3) is 0 Å². The SMILES string of the molecule is CC1(C)OC2C(O1)[C@@H](COS(N)(=O)=O)O[C@H]2n1cnc2c1ncn1ccnc21. The highest BCUT2D eigenvalue weighted by Gasteiger charge is 2.56. The van der Waals surface area contributed by atoms with E-state index in [1.165, 1.54) is 0 Å². The second kappa shape index (κ2) is 5.92. The van der Waals surface area contributed by atoms with E-state index < -0.39 is 40.6 Å². The minimum atomic E-state index is -4.11. The maximum Gasteiger partial charge on any atom is 0.333 e. The van der Waals surface area contributed by atoms with Crippen molar-refractivity contribution < 1.29 is 26.8 Å². The summed E-state index contributed by atoms with van der Waals surface area (Å²) in [5.41, 5.74) is 1.83. The second-order valence-corrected chi connectivity index (χ2v) is 8.36. The van der Waals surface area contributed by atoms with Gasteiger partial charge in [0.2, 0.25) is 0 Å². The third kappa shape index (κ3) is 2.87. The Morgan fingerprint density at radius 2 is 1.96 bits per heavy atom. The number of imidazole rings is 2. The van der Waals surface area contributed by atoms with Gasteiger partial charge in [0.05, 0.1) is 12.9 Å². The van der Waals surface area contributed by atoms with Gasteiger partial charge in [-0.2, -0.15) is 8.42 Å². The summed E-state index contributed by atoms with van der Waals surface area (Å²) < 4.78 is 48.5. The first-order chi connectivity index (χ1) is 13.2. The standard InChI is InChI=1S/C15H18N6O6S/c1-15(2)26-10-8(5-24-28(16,22)23)25-14(11(10)27-15)21-7-18-9-12-17-3-4-20(12)6-19-13(9)21/h3-4,6-8,10-11,14H,5H2,1-2H3,(H2,16,22,23)/t8-,10?,11?,14-/m1/s1. The van der Waals surface area contributed by atoms with Crippen LogP contribution in [0.5, 0.6) is 0 Å². The fourth-order valence-electron chi connectivity index (χ4n) is 3.71. The van der Waals surface area contributed by atoms with Gasteiger partial charge >= 0.3 is 10.3 Å². The Hall–Kier alpha value is -2.16. The van der Waals surface area contributed by atoms with Crippen LogP contribution in [0.2, 0.25) is 0 Å². The highest BCUT2D eigenvalue weighted by molar-refractivity contribution is 7.84. The van der Waals surface area contributed by atoms with Crippen LogP contribution in [-0.2, 0) is 28.7 Å². The average molecular weight is 410 g/mol. The summed E-state index contributed by atoms with van der Waals surface area (Å²) in [5, 5.41) is 4.94. The van der Waals surface area contributed by atoms with E-state index in [2.05, 4.69) is 15.0 Å². The number of rotatable bonds is 4. The van der Waals surface area contributed by atoms with E-state index in [1.807, 2.05) is 0 Å². The molecule has 0 aromatic carbocycles. The van der Waals surface area contributed by atoms with Crippen LogP contribution < -0.4 is 5.14 Å². The first-order valence-electron chi connectivity index (χ1n) is 8.54. The fraction of sp³-hybridized carbons (Fsp3) is 0.533. The molecule has 2 saturated heterocycles. The Balaban J connectivity index is 1.53. The van der Waals surface area contributed by atoms with Gasteiger partial charge in [-0.1, -0.05) is 0 Å². The normalized spacial score (nSPS) is 29.7. The largest absolute Gasteiger partial charge is 0.347 e. The molecule has 2 unspecified atom stereocenters. The number of hydrogen-bond acceptors (Lipinski definition) is 9. The molecule has 0 spiro atoms.